The van der Waals surface area contributed by atoms with Crippen LogP contribution in [-0.2, 0) is 11.2 Å². The Labute approximate surface area is 144 Å². The Balaban J connectivity index is 2.06. The maximum atomic E-state index is 12.6. The average molecular weight is 360 g/mol. The molecule has 1 aliphatic heterocycles. The van der Waals surface area contributed by atoms with Gasteiger partial charge in [0.1, 0.15) is 5.82 Å². The van der Waals surface area contributed by atoms with Crippen molar-refractivity contribution in [3.63, 3.8) is 0 Å². The minimum Gasteiger partial charge on any atom is -0.341 e. The molecule has 0 radical (unpaired) electrons. The SMILES string of the molecule is Cc1nc(C)c(CC(=O)N2CCN(CC(F)(F)F)CC(C)C2)c(=O)[nH]1. The van der Waals surface area contributed by atoms with Gasteiger partial charge in [0.2, 0.25) is 5.91 Å². The van der Waals surface area contributed by atoms with Gasteiger partial charge < -0.3 is 9.88 Å². The van der Waals surface area contributed by atoms with Crippen LogP contribution in [0.3, 0.4) is 0 Å². The molecule has 1 N–H and O–H groups in total. The smallest absolute Gasteiger partial charge is 0.341 e. The molecule has 0 saturated carbocycles. The van der Waals surface area contributed by atoms with Crippen molar-refractivity contribution in [2.45, 2.75) is 33.4 Å². The number of hydrogen-bond donors (Lipinski definition) is 1. The highest BCUT2D eigenvalue weighted by molar-refractivity contribution is 5.79. The molecule has 1 aliphatic rings. The van der Waals surface area contributed by atoms with E-state index in [1.807, 2.05) is 6.92 Å². The number of aryl methyl sites for hydroxylation is 2. The number of nitrogens with zero attached hydrogens (tertiary/aromatic N) is 3. The molecule has 0 aromatic carbocycles. The molecule has 1 atom stereocenters. The molecule has 0 spiro atoms. The molecule has 2 rings (SSSR count). The molecule has 9 heteroatoms. The monoisotopic (exact) mass is 360 g/mol. The first-order chi connectivity index (χ1) is 11.5. The summed E-state index contributed by atoms with van der Waals surface area (Å²) in [5.74, 6) is 0.133. The number of amides is 1. The Bertz CT molecular complexity index is 687. The largest absolute Gasteiger partial charge is 0.401 e. The summed E-state index contributed by atoms with van der Waals surface area (Å²) in [6.45, 7) is 5.22. The number of rotatable bonds is 3. The van der Waals surface area contributed by atoms with Crippen molar-refractivity contribution in [1.82, 2.24) is 19.8 Å². The van der Waals surface area contributed by atoms with E-state index in [-0.39, 0.29) is 43.4 Å². The van der Waals surface area contributed by atoms with Gasteiger partial charge in [0.05, 0.1) is 13.0 Å². The zero-order chi connectivity index (χ0) is 18.8. The van der Waals surface area contributed by atoms with Crippen molar-refractivity contribution < 1.29 is 18.0 Å². The number of carbonyl (C=O) groups is 1. The molecule has 1 aromatic heterocycles. The van der Waals surface area contributed by atoms with Crippen LogP contribution in [0, 0.1) is 19.8 Å². The van der Waals surface area contributed by atoms with Crippen molar-refractivity contribution in [3.8, 4) is 0 Å². The lowest BCUT2D eigenvalue weighted by Crippen LogP contribution is -2.39. The number of H-pyrrole nitrogens is 1. The Morgan fingerprint density at radius 1 is 1.28 bits per heavy atom. The second-order valence-corrected chi connectivity index (χ2v) is 6.69. The third-order valence-corrected chi connectivity index (χ3v) is 4.21. The standard InChI is InChI=1S/C16H23F3N4O2/c1-10-7-22(9-16(17,18)19)4-5-23(8-10)14(24)6-13-11(2)20-12(3)21-15(13)25/h10H,4-9H2,1-3H3,(H,20,21,25). The Hall–Kier alpha value is -1.90. The summed E-state index contributed by atoms with van der Waals surface area (Å²) in [6.07, 6.45) is -4.35. The van der Waals surface area contributed by atoms with Gasteiger partial charge in [0.15, 0.2) is 0 Å². The first kappa shape index (κ1) is 19.4. The molecule has 1 fully saturated rings. The minimum atomic E-state index is -4.25. The lowest BCUT2D eigenvalue weighted by atomic mass is 10.1. The minimum absolute atomic E-state index is 0.0793. The fraction of sp³-hybridized carbons (Fsp3) is 0.688. The zero-order valence-corrected chi connectivity index (χ0v) is 14.6. The van der Waals surface area contributed by atoms with Crippen molar-refractivity contribution in [2.75, 3.05) is 32.7 Å². The summed E-state index contributed by atoms with van der Waals surface area (Å²) in [7, 11) is 0. The van der Waals surface area contributed by atoms with Gasteiger partial charge in [-0.25, -0.2) is 4.98 Å². The van der Waals surface area contributed by atoms with Crippen LogP contribution in [0.4, 0.5) is 13.2 Å². The van der Waals surface area contributed by atoms with E-state index in [0.717, 1.165) is 0 Å². The molecule has 1 aromatic rings. The van der Waals surface area contributed by atoms with Crippen molar-refractivity contribution in [1.29, 1.82) is 0 Å². The predicted octanol–water partition coefficient (Wildman–Crippen LogP) is 1.27. The normalized spacial score (nSPS) is 19.8. The van der Waals surface area contributed by atoms with Crippen molar-refractivity contribution >= 4 is 5.91 Å². The molecule has 1 unspecified atom stereocenters. The second-order valence-electron chi connectivity index (χ2n) is 6.69. The highest BCUT2D eigenvalue weighted by Gasteiger charge is 2.33. The maximum absolute atomic E-state index is 12.6. The lowest BCUT2D eigenvalue weighted by Gasteiger charge is -2.22. The molecule has 25 heavy (non-hydrogen) atoms. The van der Waals surface area contributed by atoms with Gasteiger partial charge in [-0.05, 0) is 19.8 Å². The van der Waals surface area contributed by atoms with E-state index >= 15 is 0 Å². The van der Waals surface area contributed by atoms with E-state index in [9.17, 15) is 22.8 Å². The molecule has 140 valence electrons. The summed E-state index contributed by atoms with van der Waals surface area (Å²) in [4.78, 5) is 34.2. The summed E-state index contributed by atoms with van der Waals surface area (Å²) in [5.41, 5.74) is 0.454. The summed E-state index contributed by atoms with van der Waals surface area (Å²) < 4.78 is 37.8. The quantitative estimate of drug-likeness (QED) is 0.882. The molecule has 0 bridgehead atoms. The third kappa shape index (κ3) is 5.55. The summed E-state index contributed by atoms with van der Waals surface area (Å²) in [6, 6.07) is 0. The third-order valence-electron chi connectivity index (χ3n) is 4.21. The second kappa shape index (κ2) is 7.55. The molecule has 2 heterocycles. The van der Waals surface area contributed by atoms with Gasteiger partial charge in [-0.3, -0.25) is 14.5 Å². The maximum Gasteiger partial charge on any atom is 0.401 e. The Morgan fingerprint density at radius 3 is 2.56 bits per heavy atom. The van der Waals surface area contributed by atoms with Crippen molar-refractivity contribution in [3.05, 3.63) is 27.4 Å². The number of aromatic nitrogens is 2. The van der Waals surface area contributed by atoms with E-state index in [1.165, 1.54) is 4.90 Å². The number of nitrogens with one attached hydrogen (secondary N) is 1. The van der Waals surface area contributed by atoms with Crippen LogP contribution in [0.1, 0.15) is 24.0 Å². The van der Waals surface area contributed by atoms with E-state index in [1.54, 1.807) is 18.7 Å². The van der Waals surface area contributed by atoms with Gasteiger partial charge >= 0.3 is 6.18 Å². The molecule has 6 nitrogen and oxygen atoms in total. The van der Waals surface area contributed by atoms with Crippen LogP contribution < -0.4 is 5.56 Å². The van der Waals surface area contributed by atoms with E-state index in [2.05, 4.69) is 9.97 Å². The highest BCUT2D eigenvalue weighted by Crippen LogP contribution is 2.19. The van der Waals surface area contributed by atoms with Crippen LogP contribution in [0.5, 0.6) is 0 Å². The molecular weight excluding hydrogens is 337 g/mol. The lowest BCUT2D eigenvalue weighted by molar-refractivity contribution is -0.146. The number of alkyl halides is 3. The predicted molar refractivity (Wildman–Crippen MR) is 86.3 cm³/mol. The molecular formula is C16H23F3N4O2. The first-order valence-electron chi connectivity index (χ1n) is 8.18. The van der Waals surface area contributed by atoms with Crippen LogP contribution in [0.25, 0.3) is 0 Å². The van der Waals surface area contributed by atoms with Crippen LogP contribution in [0.2, 0.25) is 0 Å². The molecule has 1 saturated heterocycles. The van der Waals surface area contributed by atoms with Crippen LogP contribution in [-0.4, -0.2) is 64.6 Å². The molecule has 0 aliphatic carbocycles. The van der Waals surface area contributed by atoms with Gasteiger partial charge in [-0.1, -0.05) is 6.92 Å². The average Bonchev–Trinajstić information content (AvgIpc) is 2.62. The first-order valence-corrected chi connectivity index (χ1v) is 8.18. The Kier molecular flexibility index (Phi) is 5.87. The van der Waals surface area contributed by atoms with E-state index in [4.69, 9.17) is 0 Å². The van der Waals surface area contributed by atoms with Crippen LogP contribution in [0.15, 0.2) is 4.79 Å². The van der Waals surface area contributed by atoms with E-state index < -0.39 is 12.7 Å². The molecule has 1 amide bonds. The van der Waals surface area contributed by atoms with Gasteiger partial charge in [-0.2, -0.15) is 13.2 Å². The Morgan fingerprint density at radius 2 is 1.96 bits per heavy atom. The fourth-order valence-electron chi connectivity index (χ4n) is 3.17. The number of hydrogen-bond acceptors (Lipinski definition) is 4. The zero-order valence-electron chi connectivity index (χ0n) is 14.6. The number of carbonyl (C=O) groups excluding carboxylic acids is 1. The number of halogens is 3. The summed E-state index contributed by atoms with van der Waals surface area (Å²) >= 11 is 0. The number of aromatic amines is 1. The van der Waals surface area contributed by atoms with E-state index in [0.29, 0.717) is 23.6 Å². The highest BCUT2D eigenvalue weighted by atomic mass is 19.4. The summed E-state index contributed by atoms with van der Waals surface area (Å²) in [5, 5.41) is 0. The van der Waals surface area contributed by atoms with Crippen LogP contribution >= 0.6 is 0 Å². The van der Waals surface area contributed by atoms with Gasteiger partial charge in [-0.15, -0.1) is 0 Å². The van der Waals surface area contributed by atoms with Crippen molar-refractivity contribution in [2.24, 2.45) is 5.92 Å². The van der Waals surface area contributed by atoms with Gasteiger partial charge in [0, 0.05) is 37.4 Å². The van der Waals surface area contributed by atoms with Gasteiger partial charge in [0.25, 0.3) is 5.56 Å². The topological polar surface area (TPSA) is 69.3 Å². The fourth-order valence-corrected chi connectivity index (χ4v) is 3.17.